The van der Waals surface area contributed by atoms with Gasteiger partial charge < -0.3 is 5.32 Å². The van der Waals surface area contributed by atoms with Crippen LogP contribution in [-0.2, 0) is 19.5 Å². The Labute approximate surface area is 137 Å². The van der Waals surface area contributed by atoms with Crippen LogP contribution in [0.4, 0.5) is 5.69 Å². The van der Waals surface area contributed by atoms with E-state index in [2.05, 4.69) is 85.9 Å². The zero-order valence-corrected chi connectivity index (χ0v) is 15.2. The van der Waals surface area contributed by atoms with Gasteiger partial charge in [0.2, 0.25) is 0 Å². The van der Waals surface area contributed by atoms with Crippen molar-refractivity contribution in [2.45, 2.75) is 40.3 Å². The first-order valence-corrected chi connectivity index (χ1v) is 8.38. The van der Waals surface area contributed by atoms with E-state index in [1.54, 1.807) is 0 Å². The molecule has 2 rings (SSSR count). The molecule has 0 saturated heterocycles. The van der Waals surface area contributed by atoms with Gasteiger partial charge in [0.15, 0.2) is 0 Å². The zero-order chi connectivity index (χ0) is 14.7. The van der Waals surface area contributed by atoms with Gasteiger partial charge in [-0.15, -0.1) is 0 Å². The van der Waals surface area contributed by atoms with Crippen molar-refractivity contribution in [1.29, 1.82) is 0 Å². The lowest BCUT2D eigenvalue weighted by molar-refractivity contribution is 0.619. The van der Waals surface area contributed by atoms with E-state index in [4.69, 9.17) is 0 Å². The van der Waals surface area contributed by atoms with Gasteiger partial charge in [-0.25, -0.2) is 0 Å². The summed E-state index contributed by atoms with van der Waals surface area (Å²) in [6.45, 7) is 7.98. The molecule has 0 fully saturated rings. The van der Waals surface area contributed by atoms with Crippen molar-refractivity contribution < 1.29 is 0 Å². The van der Waals surface area contributed by atoms with E-state index in [0.29, 0.717) is 0 Å². The monoisotopic (exact) mass is 399 g/mol. The second-order valence-electron chi connectivity index (χ2n) is 4.75. The Morgan fingerprint density at radius 3 is 2.55 bits per heavy atom. The molecular weight excluding hydrogens is 382 g/mol. The van der Waals surface area contributed by atoms with Gasteiger partial charge in [-0.05, 0) is 60.0 Å². The number of hydrogen-bond donors (Lipinski definition) is 1. The number of aryl methyl sites for hydroxylation is 3. The molecule has 2 aromatic rings. The van der Waals surface area contributed by atoms with E-state index in [0.717, 1.165) is 39.8 Å². The molecule has 20 heavy (non-hydrogen) atoms. The van der Waals surface area contributed by atoms with Crippen LogP contribution < -0.4 is 5.32 Å². The van der Waals surface area contributed by atoms with E-state index < -0.39 is 0 Å². The van der Waals surface area contributed by atoms with Crippen LogP contribution in [0.5, 0.6) is 0 Å². The van der Waals surface area contributed by atoms with Crippen molar-refractivity contribution >= 4 is 37.5 Å². The van der Waals surface area contributed by atoms with Gasteiger partial charge in [-0.2, -0.15) is 5.10 Å². The molecule has 5 heteroatoms. The number of halogens is 2. The number of rotatable bonds is 5. The number of nitrogens with one attached hydrogen (secondary N) is 1. The van der Waals surface area contributed by atoms with Crippen molar-refractivity contribution in [3.8, 4) is 0 Å². The van der Waals surface area contributed by atoms with Crippen molar-refractivity contribution in [2.24, 2.45) is 0 Å². The third kappa shape index (κ3) is 3.44. The fourth-order valence-electron chi connectivity index (χ4n) is 2.21. The highest BCUT2D eigenvalue weighted by Gasteiger charge is 2.13. The van der Waals surface area contributed by atoms with Gasteiger partial charge >= 0.3 is 0 Å². The predicted molar refractivity (Wildman–Crippen MR) is 91.2 cm³/mol. The molecule has 1 aromatic carbocycles. The van der Waals surface area contributed by atoms with Crippen molar-refractivity contribution in [1.82, 2.24) is 9.78 Å². The Hall–Kier alpha value is -0.810. The number of anilines is 1. The van der Waals surface area contributed by atoms with Crippen LogP contribution in [0.25, 0.3) is 0 Å². The fourth-order valence-corrected chi connectivity index (χ4v) is 3.52. The molecule has 0 saturated carbocycles. The molecule has 1 heterocycles. The molecule has 0 bridgehead atoms. The second-order valence-corrected chi connectivity index (χ2v) is 6.46. The highest BCUT2D eigenvalue weighted by molar-refractivity contribution is 9.10. The maximum absolute atomic E-state index is 4.61. The summed E-state index contributed by atoms with van der Waals surface area (Å²) in [5.41, 5.74) is 4.67. The topological polar surface area (TPSA) is 29.9 Å². The lowest BCUT2D eigenvalue weighted by atomic mass is 10.2. The highest BCUT2D eigenvalue weighted by Crippen LogP contribution is 2.24. The Morgan fingerprint density at radius 1 is 1.20 bits per heavy atom. The van der Waals surface area contributed by atoms with Crippen molar-refractivity contribution in [3.63, 3.8) is 0 Å². The van der Waals surface area contributed by atoms with Gasteiger partial charge in [-0.1, -0.05) is 22.9 Å². The molecular formula is C15H19Br2N3. The van der Waals surface area contributed by atoms with Crippen molar-refractivity contribution in [3.05, 3.63) is 44.1 Å². The summed E-state index contributed by atoms with van der Waals surface area (Å²) in [6, 6.07) is 6.34. The van der Waals surface area contributed by atoms with Gasteiger partial charge in [0.25, 0.3) is 0 Å². The minimum atomic E-state index is 0.761. The standard InChI is InChI=1S/C15H19Br2N3/c1-4-13-15(17)14(20(5-2)19-13)9-18-12-7-10(3)6-11(16)8-12/h6-8,18H,4-5,9H2,1-3H3. The van der Waals surface area contributed by atoms with Gasteiger partial charge in [0, 0.05) is 16.7 Å². The van der Waals surface area contributed by atoms with E-state index in [1.807, 2.05) is 0 Å². The summed E-state index contributed by atoms with van der Waals surface area (Å²) in [5.74, 6) is 0. The molecule has 0 atom stereocenters. The lowest BCUT2D eigenvalue weighted by Gasteiger charge is -2.10. The minimum absolute atomic E-state index is 0.761. The van der Waals surface area contributed by atoms with Crippen LogP contribution in [0.3, 0.4) is 0 Å². The Kier molecular flexibility index (Phi) is 5.27. The van der Waals surface area contributed by atoms with E-state index in [1.165, 1.54) is 11.3 Å². The quantitative estimate of drug-likeness (QED) is 0.772. The minimum Gasteiger partial charge on any atom is -0.379 e. The Bertz CT molecular complexity index is 585. The first kappa shape index (κ1) is 15.6. The Morgan fingerprint density at radius 2 is 1.95 bits per heavy atom. The number of hydrogen-bond acceptors (Lipinski definition) is 2. The number of aromatic nitrogens is 2. The lowest BCUT2D eigenvalue weighted by Crippen LogP contribution is -2.08. The summed E-state index contributed by atoms with van der Waals surface area (Å²) in [7, 11) is 0. The SMILES string of the molecule is CCc1nn(CC)c(CNc2cc(C)cc(Br)c2)c1Br. The number of nitrogens with zero attached hydrogens (tertiary/aromatic N) is 2. The third-order valence-corrected chi connectivity index (χ3v) is 4.57. The van der Waals surface area contributed by atoms with E-state index in [9.17, 15) is 0 Å². The summed E-state index contributed by atoms with van der Waals surface area (Å²) in [4.78, 5) is 0. The molecule has 0 aliphatic rings. The predicted octanol–water partition coefficient (Wildman–Crippen LogP) is 4.91. The largest absolute Gasteiger partial charge is 0.379 e. The summed E-state index contributed by atoms with van der Waals surface area (Å²) in [5, 5.41) is 8.09. The smallest absolute Gasteiger partial charge is 0.0767 e. The normalized spacial score (nSPS) is 10.8. The van der Waals surface area contributed by atoms with Gasteiger partial charge in [-0.3, -0.25) is 4.68 Å². The van der Waals surface area contributed by atoms with Crippen LogP contribution in [0.2, 0.25) is 0 Å². The maximum atomic E-state index is 4.61. The van der Waals surface area contributed by atoms with E-state index >= 15 is 0 Å². The molecule has 0 amide bonds. The summed E-state index contributed by atoms with van der Waals surface area (Å²) < 4.78 is 4.28. The van der Waals surface area contributed by atoms with Crippen LogP contribution in [0, 0.1) is 6.92 Å². The highest BCUT2D eigenvalue weighted by atomic mass is 79.9. The summed E-state index contributed by atoms with van der Waals surface area (Å²) >= 11 is 7.20. The third-order valence-electron chi connectivity index (χ3n) is 3.20. The van der Waals surface area contributed by atoms with Crippen molar-refractivity contribution in [2.75, 3.05) is 5.32 Å². The molecule has 0 radical (unpaired) electrons. The zero-order valence-electron chi connectivity index (χ0n) is 12.0. The van der Waals surface area contributed by atoms with Crippen LogP contribution in [-0.4, -0.2) is 9.78 Å². The molecule has 3 nitrogen and oxygen atoms in total. The van der Waals surface area contributed by atoms with Crippen LogP contribution in [0.15, 0.2) is 27.1 Å². The molecule has 0 aliphatic heterocycles. The average molecular weight is 401 g/mol. The Balaban J connectivity index is 2.20. The molecule has 1 N–H and O–H groups in total. The number of benzene rings is 1. The summed E-state index contributed by atoms with van der Waals surface area (Å²) in [6.07, 6.45) is 0.941. The molecule has 108 valence electrons. The second kappa shape index (κ2) is 6.76. The molecule has 0 spiro atoms. The van der Waals surface area contributed by atoms with E-state index in [-0.39, 0.29) is 0 Å². The van der Waals surface area contributed by atoms with Crippen LogP contribution >= 0.6 is 31.9 Å². The average Bonchev–Trinajstić information content (AvgIpc) is 2.71. The first-order valence-electron chi connectivity index (χ1n) is 6.80. The maximum Gasteiger partial charge on any atom is 0.0767 e. The fraction of sp³-hybridized carbons (Fsp3) is 0.400. The molecule has 1 aromatic heterocycles. The van der Waals surface area contributed by atoms with Gasteiger partial charge in [0.05, 0.1) is 22.4 Å². The van der Waals surface area contributed by atoms with Crippen LogP contribution in [0.1, 0.15) is 30.8 Å². The van der Waals surface area contributed by atoms with Gasteiger partial charge in [0.1, 0.15) is 0 Å². The first-order chi connectivity index (χ1) is 9.55. The molecule has 0 aliphatic carbocycles. The molecule has 0 unspecified atom stereocenters.